The van der Waals surface area contributed by atoms with E-state index in [4.69, 9.17) is 0 Å². The third-order valence-corrected chi connectivity index (χ3v) is 2.40. The lowest BCUT2D eigenvalue weighted by Gasteiger charge is -2.16. The maximum absolute atomic E-state index is 9.21. The number of aliphatic hydroxyl groups excluding tert-OH is 1. The van der Waals surface area contributed by atoms with Gasteiger partial charge in [-0.2, -0.15) is 5.10 Å². The molecule has 0 saturated carbocycles. The summed E-state index contributed by atoms with van der Waals surface area (Å²) in [4.78, 5) is 0. The number of aliphatic hydroxyl groups is 1. The standard InChI is InChI=1S/C11H21N3O/c1-4-5-12-11(8-15)7-14-10(3)6-9(2)13-14/h6,11-12,15H,4-5,7-8H2,1-3H3. The molecular formula is C11H21N3O. The quantitative estimate of drug-likeness (QED) is 0.734. The van der Waals surface area contributed by atoms with Crippen LogP contribution in [0, 0.1) is 13.8 Å². The van der Waals surface area contributed by atoms with E-state index in [2.05, 4.69) is 17.3 Å². The molecule has 0 aliphatic carbocycles. The first-order valence-electron chi connectivity index (χ1n) is 5.52. The van der Waals surface area contributed by atoms with E-state index in [9.17, 15) is 5.11 Å². The van der Waals surface area contributed by atoms with Gasteiger partial charge in [-0.15, -0.1) is 0 Å². The highest BCUT2D eigenvalue weighted by Crippen LogP contribution is 2.02. The number of aromatic nitrogens is 2. The Morgan fingerprint density at radius 1 is 1.53 bits per heavy atom. The van der Waals surface area contributed by atoms with E-state index in [-0.39, 0.29) is 12.6 Å². The van der Waals surface area contributed by atoms with Gasteiger partial charge in [-0.3, -0.25) is 4.68 Å². The number of nitrogens with one attached hydrogen (secondary N) is 1. The first kappa shape index (κ1) is 12.2. The SMILES string of the molecule is CCCNC(CO)Cn1nc(C)cc1C. The van der Waals surface area contributed by atoms with E-state index in [1.165, 1.54) is 0 Å². The normalized spacial score (nSPS) is 13.1. The molecule has 0 amide bonds. The maximum Gasteiger partial charge on any atom is 0.0602 e. The second-order valence-corrected chi connectivity index (χ2v) is 3.94. The molecule has 1 rings (SSSR count). The Morgan fingerprint density at radius 3 is 2.73 bits per heavy atom. The number of nitrogens with zero attached hydrogens (tertiary/aromatic N) is 2. The first-order chi connectivity index (χ1) is 7.17. The molecule has 0 aromatic carbocycles. The van der Waals surface area contributed by atoms with Crippen LogP contribution in [0.1, 0.15) is 24.7 Å². The van der Waals surface area contributed by atoms with Crippen LogP contribution in [-0.4, -0.2) is 34.1 Å². The van der Waals surface area contributed by atoms with Crippen LogP contribution < -0.4 is 5.32 Å². The van der Waals surface area contributed by atoms with E-state index < -0.39 is 0 Å². The Bertz CT molecular complexity index is 296. The van der Waals surface area contributed by atoms with Crippen LogP contribution in [0.15, 0.2) is 6.07 Å². The Labute approximate surface area is 91.3 Å². The van der Waals surface area contributed by atoms with E-state index in [1.807, 2.05) is 24.6 Å². The molecular weight excluding hydrogens is 190 g/mol. The zero-order chi connectivity index (χ0) is 11.3. The van der Waals surface area contributed by atoms with E-state index in [0.717, 1.165) is 30.9 Å². The fourth-order valence-electron chi connectivity index (χ4n) is 1.60. The highest BCUT2D eigenvalue weighted by Gasteiger charge is 2.09. The first-order valence-corrected chi connectivity index (χ1v) is 5.52. The van der Waals surface area contributed by atoms with Crippen LogP contribution in [-0.2, 0) is 6.54 Å². The van der Waals surface area contributed by atoms with Crippen molar-refractivity contribution in [2.75, 3.05) is 13.2 Å². The molecule has 1 heterocycles. The summed E-state index contributed by atoms with van der Waals surface area (Å²) in [6, 6.07) is 2.15. The molecule has 1 atom stereocenters. The number of aryl methyl sites for hydroxylation is 2. The Balaban J connectivity index is 2.54. The van der Waals surface area contributed by atoms with Crippen molar-refractivity contribution in [1.82, 2.24) is 15.1 Å². The van der Waals surface area contributed by atoms with Gasteiger partial charge in [-0.25, -0.2) is 0 Å². The molecule has 1 unspecified atom stereocenters. The van der Waals surface area contributed by atoms with Gasteiger partial charge in [0.1, 0.15) is 0 Å². The molecule has 15 heavy (non-hydrogen) atoms. The molecule has 86 valence electrons. The molecule has 1 aromatic heterocycles. The predicted octanol–water partition coefficient (Wildman–Crippen LogP) is 0.860. The number of rotatable bonds is 6. The van der Waals surface area contributed by atoms with Crippen molar-refractivity contribution < 1.29 is 5.11 Å². The third-order valence-electron chi connectivity index (χ3n) is 2.40. The van der Waals surface area contributed by atoms with Crippen molar-refractivity contribution in [2.24, 2.45) is 0 Å². The molecule has 0 fully saturated rings. The van der Waals surface area contributed by atoms with Crippen LogP contribution in [0.2, 0.25) is 0 Å². The molecule has 0 bridgehead atoms. The molecule has 0 aliphatic heterocycles. The Hall–Kier alpha value is -0.870. The average molecular weight is 211 g/mol. The fourth-order valence-corrected chi connectivity index (χ4v) is 1.60. The fraction of sp³-hybridized carbons (Fsp3) is 0.727. The molecule has 4 heteroatoms. The summed E-state index contributed by atoms with van der Waals surface area (Å²) in [7, 11) is 0. The van der Waals surface area contributed by atoms with E-state index in [1.54, 1.807) is 0 Å². The van der Waals surface area contributed by atoms with Gasteiger partial charge < -0.3 is 10.4 Å². The smallest absolute Gasteiger partial charge is 0.0602 e. The van der Waals surface area contributed by atoms with Crippen LogP contribution >= 0.6 is 0 Å². The number of hydrogen-bond acceptors (Lipinski definition) is 3. The van der Waals surface area contributed by atoms with Gasteiger partial charge >= 0.3 is 0 Å². The summed E-state index contributed by atoms with van der Waals surface area (Å²) < 4.78 is 1.94. The summed E-state index contributed by atoms with van der Waals surface area (Å²) >= 11 is 0. The van der Waals surface area contributed by atoms with Gasteiger partial charge in [0, 0.05) is 11.7 Å². The second-order valence-electron chi connectivity index (χ2n) is 3.94. The molecule has 2 N–H and O–H groups in total. The van der Waals surface area contributed by atoms with Crippen molar-refractivity contribution in [3.63, 3.8) is 0 Å². The van der Waals surface area contributed by atoms with Crippen molar-refractivity contribution in [1.29, 1.82) is 0 Å². The van der Waals surface area contributed by atoms with Crippen molar-refractivity contribution >= 4 is 0 Å². The van der Waals surface area contributed by atoms with Gasteiger partial charge in [0.05, 0.1) is 18.8 Å². The summed E-state index contributed by atoms with van der Waals surface area (Å²) in [5, 5.41) is 16.9. The molecule has 1 aromatic rings. The van der Waals surface area contributed by atoms with Crippen LogP contribution in [0.3, 0.4) is 0 Å². The van der Waals surface area contributed by atoms with Gasteiger partial charge in [0.15, 0.2) is 0 Å². The molecule has 0 saturated heterocycles. The van der Waals surface area contributed by atoms with Crippen LogP contribution in [0.25, 0.3) is 0 Å². The van der Waals surface area contributed by atoms with Crippen molar-refractivity contribution in [3.05, 3.63) is 17.5 Å². The van der Waals surface area contributed by atoms with E-state index >= 15 is 0 Å². The molecule has 0 radical (unpaired) electrons. The monoisotopic (exact) mass is 211 g/mol. The molecule has 0 spiro atoms. The van der Waals surface area contributed by atoms with Crippen LogP contribution in [0.5, 0.6) is 0 Å². The minimum absolute atomic E-state index is 0.1000. The summed E-state index contributed by atoms with van der Waals surface area (Å²) in [5.74, 6) is 0. The average Bonchev–Trinajstić information content (AvgIpc) is 2.52. The van der Waals surface area contributed by atoms with Crippen LogP contribution in [0.4, 0.5) is 0 Å². The van der Waals surface area contributed by atoms with Crippen molar-refractivity contribution in [3.8, 4) is 0 Å². The Kier molecular flexibility index (Phi) is 4.78. The van der Waals surface area contributed by atoms with E-state index in [0.29, 0.717) is 0 Å². The minimum atomic E-state index is 0.1000. The van der Waals surface area contributed by atoms with Crippen molar-refractivity contribution in [2.45, 2.75) is 39.8 Å². The highest BCUT2D eigenvalue weighted by atomic mass is 16.3. The van der Waals surface area contributed by atoms with Gasteiger partial charge in [0.25, 0.3) is 0 Å². The largest absolute Gasteiger partial charge is 0.395 e. The maximum atomic E-state index is 9.21. The third kappa shape index (κ3) is 3.64. The summed E-state index contributed by atoms with van der Waals surface area (Å²) in [5.41, 5.74) is 2.17. The summed E-state index contributed by atoms with van der Waals surface area (Å²) in [6.07, 6.45) is 1.08. The highest BCUT2D eigenvalue weighted by molar-refractivity contribution is 5.06. The van der Waals surface area contributed by atoms with Gasteiger partial charge in [0.2, 0.25) is 0 Å². The topological polar surface area (TPSA) is 50.1 Å². The molecule has 4 nitrogen and oxygen atoms in total. The minimum Gasteiger partial charge on any atom is -0.395 e. The predicted molar refractivity (Wildman–Crippen MR) is 60.9 cm³/mol. The van der Waals surface area contributed by atoms with Gasteiger partial charge in [-0.05, 0) is 32.9 Å². The second kappa shape index (κ2) is 5.88. The number of hydrogen-bond donors (Lipinski definition) is 2. The Morgan fingerprint density at radius 2 is 2.27 bits per heavy atom. The van der Waals surface area contributed by atoms with Gasteiger partial charge in [-0.1, -0.05) is 6.92 Å². The lowest BCUT2D eigenvalue weighted by Crippen LogP contribution is -2.37. The molecule has 0 aliphatic rings. The summed E-state index contributed by atoms with van der Waals surface area (Å²) in [6.45, 7) is 7.95. The lowest BCUT2D eigenvalue weighted by molar-refractivity contribution is 0.225. The zero-order valence-corrected chi connectivity index (χ0v) is 9.82. The lowest BCUT2D eigenvalue weighted by atomic mass is 10.3. The zero-order valence-electron chi connectivity index (χ0n) is 9.82.